The molecule has 0 aliphatic carbocycles. The predicted octanol–water partition coefficient (Wildman–Crippen LogP) is 8.79. The van der Waals surface area contributed by atoms with Crippen LogP contribution in [0.4, 0.5) is 0 Å². The van der Waals surface area contributed by atoms with Crippen LogP contribution in [0.1, 0.15) is 0 Å². The number of pyridine rings is 2. The van der Waals surface area contributed by atoms with Gasteiger partial charge in [0.25, 0.3) is 0 Å². The highest BCUT2D eigenvalue weighted by molar-refractivity contribution is 6.24. The third-order valence-corrected chi connectivity index (χ3v) is 8.27. The Bertz CT molecular complexity index is 2420. The zero-order valence-electron chi connectivity index (χ0n) is 23.5. The molecule has 0 saturated carbocycles. The van der Waals surface area contributed by atoms with E-state index in [1.54, 1.807) is 6.20 Å². The Morgan fingerprint density at radius 1 is 0.500 bits per heavy atom. The molecule has 6 nitrogen and oxygen atoms in total. The molecule has 0 bridgehead atoms. The minimum absolute atomic E-state index is 0.599. The van der Waals surface area contributed by atoms with Crippen molar-refractivity contribution >= 4 is 43.7 Å². The van der Waals surface area contributed by atoms with Crippen LogP contribution in [0.5, 0.6) is 0 Å². The highest BCUT2D eigenvalue weighted by Gasteiger charge is 2.23. The maximum atomic E-state index is 5.18. The van der Waals surface area contributed by atoms with Gasteiger partial charge in [-0.15, -0.1) is 0 Å². The molecule has 206 valence electrons. The number of benzene rings is 4. The Morgan fingerprint density at radius 3 is 1.77 bits per heavy atom. The Hall–Kier alpha value is -6.14. The van der Waals surface area contributed by atoms with Crippen LogP contribution in [0.2, 0.25) is 0 Å². The molecule has 0 amide bonds. The first-order valence-corrected chi connectivity index (χ1v) is 14.6. The Balaban J connectivity index is 1.43. The summed E-state index contributed by atoms with van der Waals surface area (Å²) < 4.78 is 4.43. The van der Waals surface area contributed by atoms with Gasteiger partial charge < -0.3 is 4.57 Å². The van der Waals surface area contributed by atoms with Crippen LogP contribution < -0.4 is 0 Å². The van der Waals surface area contributed by atoms with Gasteiger partial charge in [-0.1, -0.05) is 97.1 Å². The molecular formula is C38H24N6. The summed E-state index contributed by atoms with van der Waals surface area (Å²) in [6.07, 6.45) is 5.68. The second-order valence-electron chi connectivity index (χ2n) is 10.8. The summed E-state index contributed by atoms with van der Waals surface area (Å²) >= 11 is 0. The quantitative estimate of drug-likeness (QED) is 0.214. The molecule has 0 spiro atoms. The summed E-state index contributed by atoms with van der Waals surface area (Å²) in [5, 5.41) is 3.30. The molecule has 6 heteroatoms. The zero-order chi connectivity index (χ0) is 29.0. The molecule has 0 fully saturated rings. The summed E-state index contributed by atoms with van der Waals surface area (Å²) in [6.45, 7) is 0. The molecule has 0 radical (unpaired) electrons. The van der Waals surface area contributed by atoms with Gasteiger partial charge in [0.05, 0.1) is 57.1 Å². The molecule has 44 heavy (non-hydrogen) atoms. The van der Waals surface area contributed by atoms with E-state index in [-0.39, 0.29) is 0 Å². The molecule has 9 aromatic rings. The fraction of sp³-hybridized carbons (Fsp3) is 0. The van der Waals surface area contributed by atoms with Crippen LogP contribution in [0.3, 0.4) is 0 Å². The summed E-state index contributed by atoms with van der Waals surface area (Å²) in [4.78, 5) is 19.9. The maximum Gasteiger partial charge on any atom is 0.235 e. The van der Waals surface area contributed by atoms with E-state index in [0.29, 0.717) is 5.95 Å². The SMILES string of the molecule is c1ccc(-c2cc(-c3ccccc3)nc(-n3c4ccccc4c4c3cnc3c5ccccc5n(-c5cccnc5)c34)n2)cc1. The van der Waals surface area contributed by atoms with Crippen molar-refractivity contribution in [2.45, 2.75) is 0 Å². The summed E-state index contributed by atoms with van der Waals surface area (Å²) in [5.41, 5.74) is 9.80. The first-order chi connectivity index (χ1) is 21.8. The molecule has 0 unspecified atom stereocenters. The fourth-order valence-electron chi connectivity index (χ4n) is 6.36. The highest BCUT2D eigenvalue weighted by atomic mass is 15.2. The topological polar surface area (TPSA) is 61.4 Å². The van der Waals surface area contributed by atoms with Gasteiger partial charge in [0.15, 0.2) is 0 Å². The lowest BCUT2D eigenvalue weighted by Crippen LogP contribution is -2.04. The van der Waals surface area contributed by atoms with Crippen LogP contribution in [0.25, 0.3) is 77.9 Å². The molecule has 9 rings (SSSR count). The van der Waals surface area contributed by atoms with Gasteiger partial charge in [0.1, 0.15) is 0 Å². The Kier molecular flexibility index (Phi) is 5.40. The lowest BCUT2D eigenvalue weighted by Gasteiger charge is -2.12. The second-order valence-corrected chi connectivity index (χ2v) is 10.8. The van der Waals surface area contributed by atoms with Gasteiger partial charge >= 0.3 is 0 Å². The van der Waals surface area contributed by atoms with Crippen LogP contribution in [0, 0.1) is 0 Å². The van der Waals surface area contributed by atoms with Gasteiger partial charge in [0.2, 0.25) is 5.95 Å². The predicted molar refractivity (Wildman–Crippen MR) is 177 cm³/mol. The fourth-order valence-corrected chi connectivity index (χ4v) is 6.36. The standard InChI is InChI=1S/C38H24N6/c1-3-12-25(13-4-1)30-22-31(26-14-5-2-6-15-26)42-38(41-30)44-32-19-9-7-17-28(32)35-34(44)24-40-36-29-18-8-10-20-33(29)43(37(35)36)27-16-11-21-39-23-27/h1-24H. The average Bonchev–Trinajstić information content (AvgIpc) is 3.62. The average molecular weight is 565 g/mol. The lowest BCUT2D eigenvalue weighted by atomic mass is 10.1. The normalized spacial score (nSPS) is 11.6. The first-order valence-electron chi connectivity index (χ1n) is 14.6. The molecule has 5 heterocycles. The van der Waals surface area contributed by atoms with Crippen molar-refractivity contribution in [3.63, 3.8) is 0 Å². The van der Waals surface area contributed by atoms with E-state index in [2.05, 4.69) is 99.0 Å². The molecule has 4 aromatic carbocycles. The summed E-state index contributed by atoms with van der Waals surface area (Å²) in [7, 11) is 0. The van der Waals surface area contributed by atoms with Gasteiger partial charge in [-0.05, 0) is 30.3 Å². The minimum Gasteiger partial charge on any atom is -0.305 e. The third kappa shape index (κ3) is 3.68. The minimum atomic E-state index is 0.599. The van der Waals surface area contributed by atoms with Crippen molar-refractivity contribution in [3.8, 4) is 34.2 Å². The van der Waals surface area contributed by atoms with E-state index in [1.807, 2.05) is 54.9 Å². The number of rotatable bonds is 4. The number of nitrogens with zero attached hydrogens (tertiary/aromatic N) is 6. The van der Waals surface area contributed by atoms with Crippen molar-refractivity contribution in [1.82, 2.24) is 29.1 Å². The van der Waals surface area contributed by atoms with E-state index >= 15 is 0 Å². The van der Waals surface area contributed by atoms with Gasteiger partial charge in [-0.3, -0.25) is 14.5 Å². The number of fused-ring (bicyclic) bond motifs is 7. The van der Waals surface area contributed by atoms with E-state index in [1.165, 1.54) is 0 Å². The van der Waals surface area contributed by atoms with Crippen molar-refractivity contribution in [3.05, 3.63) is 146 Å². The molecule has 0 aliphatic heterocycles. The van der Waals surface area contributed by atoms with Crippen LogP contribution in [-0.4, -0.2) is 29.1 Å². The maximum absolute atomic E-state index is 5.18. The van der Waals surface area contributed by atoms with Gasteiger partial charge in [-0.2, -0.15) is 0 Å². The molecule has 0 N–H and O–H groups in total. The van der Waals surface area contributed by atoms with Gasteiger partial charge in [0, 0.05) is 33.5 Å². The largest absolute Gasteiger partial charge is 0.305 e. The van der Waals surface area contributed by atoms with E-state index in [0.717, 1.165) is 71.9 Å². The number of hydrogen-bond acceptors (Lipinski definition) is 4. The van der Waals surface area contributed by atoms with E-state index < -0.39 is 0 Å². The monoisotopic (exact) mass is 564 g/mol. The van der Waals surface area contributed by atoms with Crippen LogP contribution in [-0.2, 0) is 0 Å². The highest BCUT2D eigenvalue weighted by Crippen LogP contribution is 2.40. The van der Waals surface area contributed by atoms with Crippen molar-refractivity contribution in [1.29, 1.82) is 0 Å². The van der Waals surface area contributed by atoms with Crippen molar-refractivity contribution in [2.75, 3.05) is 0 Å². The molecule has 0 atom stereocenters. The van der Waals surface area contributed by atoms with Gasteiger partial charge in [-0.25, -0.2) is 9.97 Å². The Labute approximate surface area is 252 Å². The van der Waals surface area contributed by atoms with Crippen molar-refractivity contribution < 1.29 is 0 Å². The van der Waals surface area contributed by atoms with Crippen molar-refractivity contribution in [2.24, 2.45) is 0 Å². The molecular weight excluding hydrogens is 540 g/mol. The molecule has 5 aromatic heterocycles. The smallest absolute Gasteiger partial charge is 0.235 e. The summed E-state index contributed by atoms with van der Waals surface area (Å²) in [6, 6.07) is 43.6. The number of aromatic nitrogens is 6. The number of para-hydroxylation sites is 2. The van der Waals surface area contributed by atoms with Crippen LogP contribution >= 0.6 is 0 Å². The van der Waals surface area contributed by atoms with E-state index in [9.17, 15) is 0 Å². The van der Waals surface area contributed by atoms with Crippen LogP contribution in [0.15, 0.2) is 146 Å². The Morgan fingerprint density at radius 2 is 1.11 bits per heavy atom. The molecule has 0 aliphatic rings. The first kappa shape index (κ1) is 24.5. The third-order valence-electron chi connectivity index (χ3n) is 8.27. The molecule has 0 saturated heterocycles. The van der Waals surface area contributed by atoms with E-state index in [4.69, 9.17) is 15.0 Å². The summed E-state index contributed by atoms with van der Waals surface area (Å²) in [5.74, 6) is 0.599. The number of hydrogen-bond donors (Lipinski definition) is 0. The second kappa shape index (κ2) is 9.71. The lowest BCUT2D eigenvalue weighted by molar-refractivity contribution is 0.993. The zero-order valence-corrected chi connectivity index (χ0v) is 23.5.